The summed E-state index contributed by atoms with van der Waals surface area (Å²) in [5.74, 6) is 0.0635. The highest BCUT2D eigenvalue weighted by Gasteiger charge is 2.52. The van der Waals surface area contributed by atoms with Crippen LogP contribution in [0, 0.1) is 0 Å². The normalized spacial score (nSPS) is 19.5. The van der Waals surface area contributed by atoms with Crippen LogP contribution in [-0.4, -0.2) is 52.0 Å². The standard InChI is InChI=1S/C15H26BN3O3/c1-7-18(8-2)13(20)11-19-10-12(9-17-19)16-21-14(3,4)15(5,6)22-16/h9-10H,7-8,11H2,1-6H3. The lowest BCUT2D eigenvalue weighted by Gasteiger charge is -2.32. The molecule has 2 heterocycles. The molecule has 0 bridgehead atoms. The Hall–Kier alpha value is -1.34. The van der Waals surface area contributed by atoms with Crippen LogP contribution >= 0.6 is 0 Å². The highest BCUT2D eigenvalue weighted by Crippen LogP contribution is 2.36. The van der Waals surface area contributed by atoms with E-state index in [9.17, 15) is 4.79 Å². The van der Waals surface area contributed by atoms with Gasteiger partial charge in [-0.25, -0.2) is 0 Å². The van der Waals surface area contributed by atoms with Gasteiger partial charge < -0.3 is 14.2 Å². The molecule has 1 aromatic rings. The van der Waals surface area contributed by atoms with E-state index in [-0.39, 0.29) is 23.7 Å². The molecule has 122 valence electrons. The van der Waals surface area contributed by atoms with E-state index in [2.05, 4.69) is 5.10 Å². The van der Waals surface area contributed by atoms with Crippen molar-refractivity contribution >= 4 is 18.5 Å². The molecule has 1 fully saturated rings. The highest BCUT2D eigenvalue weighted by molar-refractivity contribution is 6.62. The molecule has 2 rings (SSSR count). The Bertz CT molecular complexity index is 522. The second kappa shape index (κ2) is 6.04. The van der Waals surface area contributed by atoms with Crippen LogP contribution in [0.1, 0.15) is 41.5 Å². The molecule has 7 heteroatoms. The summed E-state index contributed by atoms with van der Waals surface area (Å²) in [5.41, 5.74) is 0.0825. The molecule has 1 aromatic heterocycles. The minimum absolute atomic E-state index is 0.0635. The van der Waals surface area contributed by atoms with Gasteiger partial charge in [0.1, 0.15) is 6.54 Å². The lowest BCUT2D eigenvalue weighted by Crippen LogP contribution is -2.41. The average Bonchev–Trinajstić information content (AvgIpc) is 2.94. The van der Waals surface area contributed by atoms with E-state index in [4.69, 9.17) is 9.31 Å². The molecule has 1 aliphatic rings. The van der Waals surface area contributed by atoms with E-state index in [1.54, 1.807) is 15.8 Å². The topological polar surface area (TPSA) is 56.6 Å². The zero-order chi connectivity index (χ0) is 16.5. The van der Waals surface area contributed by atoms with E-state index in [0.717, 1.165) is 5.46 Å². The summed E-state index contributed by atoms with van der Waals surface area (Å²) in [6, 6.07) is 0. The Balaban J connectivity index is 2.05. The van der Waals surface area contributed by atoms with Crippen molar-refractivity contribution in [3.05, 3.63) is 12.4 Å². The number of nitrogens with zero attached hydrogens (tertiary/aromatic N) is 3. The van der Waals surface area contributed by atoms with Gasteiger partial charge in [0.05, 0.1) is 11.2 Å². The monoisotopic (exact) mass is 307 g/mol. The first-order valence-corrected chi connectivity index (χ1v) is 7.86. The zero-order valence-corrected chi connectivity index (χ0v) is 14.4. The van der Waals surface area contributed by atoms with Crippen molar-refractivity contribution in [2.75, 3.05) is 13.1 Å². The summed E-state index contributed by atoms with van der Waals surface area (Å²) in [6.45, 7) is 13.7. The van der Waals surface area contributed by atoms with Gasteiger partial charge in [0.2, 0.25) is 5.91 Å². The van der Waals surface area contributed by atoms with E-state index in [0.29, 0.717) is 13.1 Å². The first-order valence-electron chi connectivity index (χ1n) is 7.86. The number of hydrogen-bond donors (Lipinski definition) is 0. The molecule has 6 nitrogen and oxygen atoms in total. The Labute approximate surface area is 132 Å². The molecular weight excluding hydrogens is 281 g/mol. The smallest absolute Gasteiger partial charge is 0.399 e. The predicted octanol–water partition coefficient (Wildman–Crippen LogP) is 1.05. The number of amides is 1. The lowest BCUT2D eigenvalue weighted by molar-refractivity contribution is -0.131. The number of carbonyl (C=O) groups is 1. The van der Waals surface area contributed by atoms with Gasteiger partial charge in [-0.3, -0.25) is 9.48 Å². The second-order valence-electron chi connectivity index (χ2n) is 6.63. The molecule has 1 aliphatic heterocycles. The van der Waals surface area contributed by atoms with Crippen molar-refractivity contribution in [3.8, 4) is 0 Å². The minimum atomic E-state index is -0.442. The van der Waals surface area contributed by atoms with E-state index in [1.807, 2.05) is 47.7 Å². The molecule has 22 heavy (non-hydrogen) atoms. The average molecular weight is 307 g/mol. The fraction of sp³-hybridized carbons (Fsp3) is 0.733. The van der Waals surface area contributed by atoms with Crippen molar-refractivity contribution < 1.29 is 14.1 Å². The number of likely N-dealkylation sites (N-methyl/N-ethyl adjacent to an activating group) is 1. The van der Waals surface area contributed by atoms with Crippen LogP contribution in [0.5, 0.6) is 0 Å². The van der Waals surface area contributed by atoms with Gasteiger partial charge in [0, 0.05) is 30.9 Å². The van der Waals surface area contributed by atoms with Crippen LogP contribution in [0.25, 0.3) is 0 Å². The van der Waals surface area contributed by atoms with Crippen LogP contribution in [0.15, 0.2) is 12.4 Å². The molecule has 0 spiro atoms. The summed E-state index contributed by atoms with van der Waals surface area (Å²) < 4.78 is 13.6. The predicted molar refractivity (Wildman–Crippen MR) is 85.9 cm³/mol. The van der Waals surface area contributed by atoms with Crippen LogP contribution in [-0.2, 0) is 20.6 Å². The number of carbonyl (C=O) groups excluding carboxylic acids is 1. The van der Waals surface area contributed by atoms with E-state index < -0.39 is 7.12 Å². The van der Waals surface area contributed by atoms with Gasteiger partial charge in [-0.1, -0.05) is 0 Å². The fourth-order valence-electron chi connectivity index (χ4n) is 2.38. The van der Waals surface area contributed by atoms with Crippen LogP contribution in [0.2, 0.25) is 0 Å². The number of aromatic nitrogens is 2. The molecule has 0 N–H and O–H groups in total. The molecule has 0 aromatic carbocycles. The Kier molecular flexibility index (Phi) is 4.68. The summed E-state index contributed by atoms with van der Waals surface area (Å²) in [6.07, 6.45) is 3.53. The number of rotatable bonds is 5. The van der Waals surface area contributed by atoms with Crippen molar-refractivity contribution in [1.82, 2.24) is 14.7 Å². The van der Waals surface area contributed by atoms with Gasteiger partial charge >= 0.3 is 7.12 Å². The highest BCUT2D eigenvalue weighted by atomic mass is 16.7. The molecule has 0 radical (unpaired) electrons. The van der Waals surface area contributed by atoms with Gasteiger partial charge in [0.25, 0.3) is 0 Å². The lowest BCUT2D eigenvalue weighted by atomic mass is 9.82. The van der Waals surface area contributed by atoms with Crippen molar-refractivity contribution in [3.63, 3.8) is 0 Å². The van der Waals surface area contributed by atoms with Crippen molar-refractivity contribution in [1.29, 1.82) is 0 Å². The van der Waals surface area contributed by atoms with Gasteiger partial charge in [-0.15, -0.1) is 0 Å². The van der Waals surface area contributed by atoms with Crippen LogP contribution < -0.4 is 5.46 Å². The SMILES string of the molecule is CCN(CC)C(=O)Cn1cc(B2OC(C)(C)C(C)(C)O2)cn1. The quantitative estimate of drug-likeness (QED) is 0.763. The Morgan fingerprint density at radius 1 is 1.23 bits per heavy atom. The maximum atomic E-state index is 12.1. The molecule has 1 saturated heterocycles. The molecule has 0 unspecified atom stereocenters. The van der Waals surface area contributed by atoms with Gasteiger partial charge in [-0.2, -0.15) is 5.10 Å². The Morgan fingerprint density at radius 3 is 2.27 bits per heavy atom. The van der Waals surface area contributed by atoms with Crippen molar-refractivity contribution in [2.45, 2.75) is 59.3 Å². The van der Waals surface area contributed by atoms with Crippen LogP contribution in [0.3, 0.4) is 0 Å². The summed E-state index contributed by atoms with van der Waals surface area (Å²) in [5, 5.41) is 4.26. The number of hydrogen-bond acceptors (Lipinski definition) is 4. The van der Waals surface area contributed by atoms with Crippen molar-refractivity contribution in [2.24, 2.45) is 0 Å². The van der Waals surface area contributed by atoms with E-state index >= 15 is 0 Å². The third-order valence-corrected chi connectivity index (χ3v) is 4.59. The Morgan fingerprint density at radius 2 is 1.77 bits per heavy atom. The van der Waals surface area contributed by atoms with Gasteiger partial charge in [-0.05, 0) is 41.5 Å². The fourth-order valence-corrected chi connectivity index (χ4v) is 2.38. The maximum Gasteiger partial charge on any atom is 0.498 e. The zero-order valence-electron chi connectivity index (χ0n) is 14.4. The first-order chi connectivity index (χ1) is 10.2. The second-order valence-corrected chi connectivity index (χ2v) is 6.63. The molecule has 0 atom stereocenters. The first kappa shape index (κ1) is 17.0. The third kappa shape index (κ3) is 3.20. The summed E-state index contributed by atoms with van der Waals surface area (Å²) in [7, 11) is -0.442. The van der Waals surface area contributed by atoms with Crippen LogP contribution in [0.4, 0.5) is 0 Å². The maximum absolute atomic E-state index is 12.1. The van der Waals surface area contributed by atoms with Gasteiger partial charge in [0.15, 0.2) is 0 Å². The minimum Gasteiger partial charge on any atom is -0.399 e. The third-order valence-electron chi connectivity index (χ3n) is 4.59. The summed E-state index contributed by atoms with van der Waals surface area (Å²) >= 11 is 0. The molecule has 0 aliphatic carbocycles. The molecule has 1 amide bonds. The largest absolute Gasteiger partial charge is 0.498 e. The van der Waals surface area contributed by atoms with E-state index in [1.165, 1.54) is 0 Å². The molecule has 0 saturated carbocycles. The summed E-state index contributed by atoms with van der Waals surface area (Å²) in [4.78, 5) is 13.9. The molecular formula is C15H26BN3O3.